The smallest absolute Gasteiger partial charge is 0.194 e. The number of halogens is 1. The predicted octanol–water partition coefficient (Wildman–Crippen LogP) is 6.82. The van der Waals surface area contributed by atoms with Crippen molar-refractivity contribution in [3.8, 4) is 5.75 Å². The zero-order valence-electron chi connectivity index (χ0n) is 19.2. The number of rotatable bonds is 8. The van der Waals surface area contributed by atoms with Gasteiger partial charge >= 0.3 is 0 Å². The number of aromatic hydroxyl groups is 1. The lowest BCUT2D eigenvalue weighted by Crippen LogP contribution is -2.26. The lowest BCUT2D eigenvalue weighted by atomic mass is 9.88. The third-order valence-electron chi connectivity index (χ3n) is 5.94. The highest BCUT2D eigenvalue weighted by atomic mass is 35.5. The summed E-state index contributed by atoms with van der Waals surface area (Å²) in [7, 11) is 4.07. The molecule has 4 aromatic rings. The molecule has 0 atom stereocenters. The molecule has 0 unspecified atom stereocenters. The van der Waals surface area contributed by atoms with Crippen LogP contribution in [0.3, 0.4) is 0 Å². The Bertz CT molecular complexity index is 1260. The monoisotopic (exact) mass is 460 g/mol. The van der Waals surface area contributed by atoms with Crippen molar-refractivity contribution in [1.29, 1.82) is 0 Å². The van der Waals surface area contributed by atoms with E-state index >= 15 is 0 Å². The number of phenols is 1. The Labute approximate surface area is 200 Å². The van der Waals surface area contributed by atoms with Crippen molar-refractivity contribution in [3.63, 3.8) is 0 Å². The molecule has 33 heavy (non-hydrogen) atoms. The third kappa shape index (κ3) is 5.08. The highest BCUT2D eigenvalue weighted by Gasteiger charge is 2.15. The Morgan fingerprint density at radius 2 is 1.58 bits per heavy atom. The summed E-state index contributed by atoms with van der Waals surface area (Å²) >= 11 is 6.08. The summed E-state index contributed by atoms with van der Waals surface area (Å²) in [6, 6.07) is 24.1. The van der Waals surface area contributed by atoms with Crippen LogP contribution in [0.2, 0.25) is 5.22 Å². The van der Waals surface area contributed by atoms with Crippen molar-refractivity contribution in [2.24, 2.45) is 0 Å². The molecule has 0 amide bonds. The molecule has 4 nitrogen and oxygen atoms in total. The van der Waals surface area contributed by atoms with Crippen LogP contribution in [0, 0.1) is 0 Å². The molecule has 0 fully saturated rings. The minimum atomic E-state index is 0.257. The molecule has 0 aliphatic carbocycles. The lowest BCUT2D eigenvalue weighted by Gasteiger charge is -2.21. The maximum atomic E-state index is 9.86. The molecule has 0 saturated heterocycles. The van der Waals surface area contributed by atoms with E-state index in [4.69, 9.17) is 16.0 Å². The van der Waals surface area contributed by atoms with Gasteiger partial charge in [-0.2, -0.15) is 0 Å². The summed E-state index contributed by atoms with van der Waals surface area (Å²) in [5.41, 5.74) is 7.64. The van der Waals surface area contributed by atoms with Gasteiger partial charge in [-0.15, -0.1) is 0 Å². The van der Waals surface area contributed by atoms with Gasteiger partial charge in [0.25, 0.3) is 0 Å². The SMILES string of the molecule is CCC(=C(c1ccc(O)cc1)c1ccc(N(C)CCNC)cc1)c1ccc2oc(Cl)cc2c1. The van der Waals surface area contributed by atoms with Gasteiger partial charge in [0.1, 0.15) is 11.3 Å². The Morgan fingerprint density at radius 3 is 2.21 bits per heavy atom. The molecule has 0 radical (unpaired) electrons. The molecule has 0 spiro atoms. The van der Waals surface area contributed by atoms with Crippen LogP contribution >= 0.6 is 11.6 Å². The van der Waals surface area contributed by atoms with Crippen LogP contribution in [0.4, 0.5) is 5.69 Å². The van der Waals surface area contributed by atoms with E-state index in [2.05, 4.69) is 60.6 Å². The molecule has 0 saturated carbocycles. The van der Waals surface area contributed by atoms with Gasteiger partial charge in [-0.05, 0) is 89.3 Å². The fraction of sp³-hybridized carbons (Fsp3) is 0.214. The average Bonchev–Trinajstić information content (AvgIpc) is 3.21. The van der Waals surface area contributed by atoms with E-state index in [0.29, 0.717) is 5.22 Å². The molecule has 0 aliphatic rings. The summed E-state index contributed by atoms with van der Waals surface area (Å²) in [6.45, 7) is 4.03. The number of allylic oxidation sites excluding steroid dienone is 1. The largest absolute Gasteiger partial charge is 0.508 e. The first kappa shape index (κ1) is 23.0. The van der Waals surface area contributed by atoms with Crippen LogP contribution in [0.1, 0.15) is 30.0 Å². The van der Waals surface area contributed by atoms with Crippen molar-refractivity contribution >= 4 is 39.4 Å². The second kappa shape index (κ2) is 10.2. The zero-order chi connectivity index (χ0) is 23.4. The molecule has 2 N–H and O–H groups in total. The van der Waals surface area contributed by atoms with E-state index in [1.165, 1.54) is 11.3 Å². The average molecular weight is 461 g/mol. The van der Waals surface area contributed by atoms with E-state index in [1.807, 2.05) is 31.3 Å². The number of nitrogens with one attached hydrogen (secondary N) is 1. The third-order valence-corrected chi connectivity index (χ3v) is 6.13. The number of furan rings is 1. The first-order valence-corrected chi connectivity index (χ1v) is 11.6. The molecule has 170 valence electrons. The van der Waals surface area contributed by atoms with Crippen LogP contribution in [0.15, 0.2) is 77.2 Å². The number of nitrogens with zero attached hydrogens (tertiary/aromatic N) is 1. The number of likely N-dealkylation sites (N-methyl/N-ethyl adjacent to an activating group) is 2. The van der Waals surface area contributed by atoms with E-state index in [9.17, 15) is 5.11 Å². The van der Waals surface area contributed by atoms with Crippen molar-refractivity contribution in [3.05, 3.63) is 94.7 Å². The fourth-order valence-electron chi connectivity index (χ4n) is 4.16. The highest BCUT2D eigenvalue weighted by molar-refractivity contribution is 6.29. The van der Waals surface area contributed by atoms with Gasteiger partial charge in [-0.3, -0.25) is 0 Å². The maximum Gasteiger partial charge on any atom is 0.194 e. The van der Waals surface area contributed by atoms with E-state index in [1.54, 1.807) is 12.1 Å². The van der Waals surface area contributed by atoms with Gasteiger partial charge in [-0.25, -0.2) is 0 Å². The van der Waals surface area contributed by atoms with E-state index < -0.39 is 0 Å². The standard InChI is InChI=1S/C28H29ClN2O2/c1-4-25(21-9-14-26-22(17-21)18-27(29)33-26)28(20-7-12-24(32)13-8-20)19-5-10-23(11-6-19)31(3)16-15-30-2/h5-14,17-18,30,32H,4,15-16H2,1-3H3. The number of hydrogen-bond acceptors (Lipinski definition) is 4. The van der Waals surface area contributed by atoms with Crippen LogP contribution in [-0.4, -0.2) is 32.3 Å². The minimum Gasteiger partial charge on any atom is -0.508 e. The van der Waals surface area contributed by atoms with Gasteiger partial charge in [-0.1, -0.05) is 37.3 Å². The van der Waals surface area contributed by atoms with Gasteiger partial charge < -0.3 is 19.7 Å². The molecule has 0 aliphatic heterocycles. The fourth-order valence-corrected chi connectivity index (χ4v) is 4.36. The van der Waals surface area contributed by atoms with Crippen molar-refractivity contribution in [2.45, 2.75) is 13.3 Å². The maximum absolute atomic E-state index is 9.86. The Morgan fingerprint density at radius 1 is 0.939 bits per heavy atom. The van der Waals surface area contributed by atoms with Crippen LogP contribution < -0.4 is 10.2 Å². The van der Waals surface area contributed by atoms with E-state index in [-0.39, 0.29) is 5.75 Å². The predicted molar refractivity (Wildman–Crippen MR) is 139 cm³/mol. The lowest BCUT2D eigenvalue weighted by molar-refractivity contribution is 0.475. The second-order valence-corrected chi connectivity index (χ2v) is 8.50. The molecule has 0 bridgehead atoms. The van der Waals surface area contributed by atoms with Crippen molar-refractivity contribution in [2.75, 3.05) is 32.1 Å². The van der Waals surface area contributed by atoms with Crippen LogP contribution in [0.25, 0.3) is 22.1 Å². The first-order chi connectivity index (χ1) is 16.0. The molecule has 3 aromatic carbocycles. The molecule has 1 aromatic heterocycles. The Balaban J connectivity index is 1.84. The number of hydrogen-bond donors (Lipinski definition) is 2. The summed E-state index contributed by atoms with van der Waals surface area (Å²) in [5, 5.41) is 14.4. The minimum absolute atomic E-state index is 0.257. The number of anilines is 1. The molecule has 5 heteroatoms. The topological polar surface area (TPSA) is 48.6 Å². The number of benzene rings is 3. The summed E-state index contributed by atoms with van der Waals surface area (Å²) in [5.74, 6) is 0.257. The molecular weight excluding hydrogens is 432 g/mol. The Kier molecular flexibility index (Phi) is 7.07. The van der Waals surface area contributed by atoms with Gasteiger partial charge in [0.2, 0.25) is 0 Å². The Hall–Kier alpha value is -3.21. The molecular formula is C28H29ClN2O2. The second-order valence-electron chi connectivity index (χ2n) is 8.13. The summed E-state index contributed by atoms with van der Waals surface area (Å²) in [4.78, 5) is 2.24. The zero-order valence-corrected chi connectivity index (χ0v) is 20.0. The van der Waals surface area contributed by atoms with Gasteiger partial charge in [0, 0.05) is 37.3 Å². The van der Waals surface area contributed by atoms with Crippen molar-refractivity contribution in [1.82, 2.24) is 5.32 Å². The van der Waals surface area contributed by atoms with Crippen molar-refractivity contribution < 1.29 is 9.52 Å². The quantitative estimate of drug-likeness (QED) is 0.283. The first-order valence-electron chi connectivity index (χ1n) is 11.2. The van der Waals surface area contributed by atoms with Gasteiger partial charge in [0.05, 0.1) is 0 Å². The molecule has 1 heterocycles. The van der Waals surface area contributed by atoms with Crippen LogP contribution in [0.5, 0.6) is 5.75 Å². The van der Waals surface area contributed by atoms with Gasteiger partial charge in [0.15, 0.2) is 5.22 Å². The number of phenolic OH excluding ortho intramolecular Hbond substituents is 1. The molecule has 4 rings (SSSR count). The summed E-state index contributed by atoms with van der Waals surface area (Å²) in [6.07, 6.45) is 0.844. The highest BCUT2D eigenvalue weighted by Crippen LogP contribution is 2.37. The van der Waals surface area contributed by atoms with Crippen LogP contribution in [-0.2, 0) is 0 Å². The van der Waals surface area contributed by atoms with E-state index in [0.717, 1.165) is 52.7 Å². The summed E-state index contributed by atoms with van der Waals surface area (Å²) < 4.78 is 5.56. The number of fused-ring (bicyclic) bond motifs is 1. The normalized spacial score (nSPS) is 12.1.